The van der Waals surface area contributed by atoms with Crippen molar-refractivity contribution in [2.24, 2.45) is 5.73 Å². The highest BCUT2D eigenvalue weighted by atomic mass is 19.3. The lowest BCUT2D eigenvalue weighted by Gasteiger charge is -2.11. The Bertz CT molecular complexity index is 422. The molecule has 0 unspecified atom stereocenters. The molecule has 4 nitrogen and oxygen atoms in total. The van der Waals surface area contributed by atoms with Crippen LogP contribution in [0.15, 0.2) is 6.07 Å². The quantitative estimate of drug-likeness (QED) is 0.822. The van der Waals surface area contributed by atoms with E-state index in [1.807, 2.05) is 0 Å². The second-order valence-corrected chi connectivity index (χ2v) is 3.42. The summed E-state index contributed by atoms with van der Waals surface area (Å²) >= 11 is 0. The average molecular weight is 244 g/mol. The minimum Gasteiger partial charge on any atom is -0.461 e. The van der Waals surface area contributed by atoms with E-state index in [0.29, 0.717) is 11.1 Å². The maximum atomic E-state index is 12.6. The van der Waals surface area contributed by atoms with Gasteiger partial charge in [-0.25, -0.2) is 18.6 Å². The normalized spacial score (nSPS) is 10.7. The number of nitrogens with zero attached hydrogens (tertiary/aromatic N) is 1. The summed E-state index contributed by atoms with van der Waals surface area (Å²) in [5, 5.41) is 0. The van der Waals surface area contributed by atoms with E-state index in [1.54, 1.807) is 6.92 Å². The van der Waals surface area contributed by atoms with E-state index in [4.69, 9.17) is 10.5 Å². The van der Waals surface area contributed by atoms with E-state index in [1.165, 1.54) is 13.0 Å². The maximum Gasteiger partial charge on any atom is 0.357 e. The second kappa shape index (κ2) is 5.67. The van der Waals surface area contributed by atoms with Crippen molar-refractivity contribution in [3.63, 3.8) is 0 Å². The third-order valence-corrected chi connectivity index (χ3v) is 2.23. The molecule has 1 heterocycles. The third kappa shape index (κ3) is 2.97. The lowest BCUT2D eigenvalue weighted by Crippen LogP contribution is -2.15. The maximum absolute atomic E-state index is 12.6. The summed E-state index contributed by atoms with van der Waals surface area (Å²) < 4.78 is 30.0. The highest BCUT2D eigenvalue weighted by Crippen LogP contribution is 2.23. The third-order valence-electron chi connectivity index (χ3n) is 2.23. The Kier molecular flexibility index (Phi) is 4.51. The summed E-state index contributed by atoms with van der Waals surface area (Å²) in [6.45, 7) is 3.33. The van der Waals surface area contributed by atoms with Crippen molar-refractivity contribution >= 4 is 5.97 Å². The van der Waals surface area contributed by atoms with Gasteiger partial charge in [0.15, 0.2) is 5.69 Å². The number of ether oxygens (including phenoxy) is 1. The van der Waals surface area contributed by atoms with Gasteiger partial charge in [-0.1, -0.05) is 6.07 Å². The molecule has 0 amide bonds. The number of carbonyl (C=O) groups excluding carboxylic acids is 1. The van der Waals surface area contributed by atoms with Crippen LogP contribution >= 0.6 is 0 Å². The van der Waals surface area contributed by atoms with Crippen LogP contribution in [0.3, 0.4) is 0 Å². The van der Waals surface area contributed by atoms with Crippen molar-refractivity contribution in [1.82, 2.24) is 4.98 Å². The molecule has 0 fully saturated rings. The molecular weight excluding hydrogens is 230 g/mol. The Balaban J connectivity index is 3.26. The molecule has 1 rings (SSSR count). The zero-order chi connectivity index (χ0) is 13.0. The van der Waals surface area contributed by atoms with Gasteiger partial charge in [0.2, 0.25) is 0 Å². The minimum absolute atomic E-state index is 0.0471. The average Bonchev–Trinajstić information content (AvgIpc) is 2.28. The van der Waals surface area contributed by atoms with Gasteiger partial charge >= 0.3 is 5.97 Å². The highest BCUT2D eigenvalue weighted by molar-refractivity contribution is 5.89. The van der Waals surface area contributed by atoms with E-state index in [9.17, 15) is 13.6 Å². The summed E-state index contributed by atoms with van der Waals surface area (Å²) in [7, 11) is 0. The van der Waals surface area contributed by atoms with Gasteiger partial charge in [0.25, 0.3) is 6.43 Å². The smallest absolute Gasteiger partial charge is 0.357 e. The van der Waals surface area contributed by atoms with Crippen LogP contribution in [-0.4, -0.2) is 17.6 Å². The van der Waals surface area contributed by atoms with E-state index in [0.717, 1.165) is 0 Å². The fourth-order valence-electron chi connectivity index (χ4n) is 1.44. The minimum atomic E-state index is -2.73. The van der Waals surface area contributed by atoms with E-state index < -0.39 is 18.1 Å². The second-order valence-electron chi connectivity index (χ2n) is 3.42. The molecule has 0 aliphatic heterocycles. The number of hydrogen-bond acceptors (Lipinski definition) is 4. The molecule has 0 atom stereocenters. The fraction of sp³-hybridized carbons (Fsp3) is 0.455. The van der Waals surface area contributed by atoms with Gasteiger partial charge in [-0.2, -0.15) is 0 Å². The molecule has 0 spiro atoms. The van der Waals surface area contributed by atoms with Gasteiger partial charge in [-0.15, -0.1) is 0 Å². The first kappa shape index (κ1) is 13.5. The number of carbonyl (C=O) groups is 1. The number of halogens is 2. The number of pyridine rings is 1. The molecule has 0 aromatic carbocycles. The number of aromatic nitrogens is 1. The number of alkyl halides is 2. The van der Waals surface area contributed by atoms with Crippen LogP contribution in [0.1, 0.15) is 40.7 Å². The van der Waals surface area contributed by atoms with Crippen LogP contribution < -0.4 is 5.73 Å². The monoisotopic (exact) mass is 244 g/mol. The Labute approximate surface area is 97.8 Å². The van der Waals surface area contributed by atoms with Crippen LogP contribution in [0.25, 0.3) is 0 Å². The zero-order valence-electron chi connectivity index (χ0n) is 9.67. The van der Waals surface area contributed by atoms with Crippen molar-refractivity contribution in [3.8, 4) is 0 Å². The zero-order valence-corrected chi connectivity index (χ0v) is 9.67. The number of nitrogens with two attached hydrogens (primary N) is 1. The summed E-state index contributed by atoms with van der Waals surface area (Å²) in [6, 6.07) is 1.45. The lowest BCUT2D eigenvalue weighted by atomic mass is 10.1. The molecule has 1 aromatic rings. The van der Waals surface area contributed by atoms with Crippen LogP contribution in [0.4, 0.5) is 8.78 Å². The Morgan fingerprint density at radius 3 is 2.71 bits per heavy atom. The van der Waals surface area contributed by atoms with E-state index >= 15 is 0 Å². The summed E-state index contributed by atoms with van der Waals surface area (Å²) in [6.07, 6.45) is -2.73. The standard InChI is InChI=1S/C11H14F2N2O2/c1-3-17-11(16)9-7(5-14)4-6(2)8(15-9)10(12)13/h4,10H,3,5,14H2,1-2H3. The van der Waals surface area contributed by atoms with E-state index in [2.05, 4.69) is 4.98 Å². The van der Waals surface area contributed by atoms with Crippen LogP contribution in [0.5, 0.6) is 0 Å². The lowest BCUT2D eigenvalue weighted by molar-refractivity contribution is 0.0516. The van der Waals surface area contributed by atoms with E-state index in [-0.39, 0.29) is 18.8 Å². The largest absolute Gasteiger partial charge is 0.461 e. The molecule has 6 heteroatoms. The van der Waals surface area contributed by atoms with Crippen molar-refractivity contribution in [2.75, 3.05) is 6.61 Å². The first-order valence-electron chi connectivity index (χ1n) is 5.17. The van der Waals surface area contributed by atoms with Crippen LogP contribution in [-0.2, 0) is 11.3 Å². The molecule has 2 N–H and O–H groups in total. The summed E-state index contributed by atoms with van der Waals surface area (Å²) in [5.41, 5.74) is 5.62. The first-order valence-corrected chi connectivity index (χ1v) is 5.17. The van der Waals surface area contributed by atoms with Crippen molar-refractivity contribution in [2.45, 2.75) is 26.8 Å². The van der Waals surface area contributed by atoms with Gasteiger partial charge in [-0.3, -0.25) is 0 Å². The van der Waals surface area contributed by atoms with Gasteiger partial charge in [-0.05, 0) is 25.0 Å². The van der Waals surface area contributed by atoms with Gasteiger partial charge < -0.3 is 10.5 Å². The van der Waals surface area contributed by atoms with Crippen LogP contribution in [0, 0.1) is 6.92 Å². The number of aryl methyl sites for hydroxylation is 1. The predicted octanol–water partition coefficient (Wildman–Crippen LogP) is 1.96. The summed E-state index contributed by atoms with van der Waals surface area (Å²) in [5.74, 6) is -0.727. The predicted molar refractivity (Wildman–Crippen MR) is 57.8 cm³/mol. The Hall–Kier alpha value is -1.56. The molecule has 0 radical (unpaired) electrons. The van der Waals surface area contributed by atoms with Crippen molar-refractivity contribution in [1.29, 1.82) is 0 Å². The topological polar surface area (TPSA) is 65.2 Å². The van der Waals surface area contributed by atoms with Crippen molar-refractivity contribution < 1.29 is 18.3 Å². The Morgan fingerprint density at radius 2 is 2.24 bits per heavy atom. The molecule has 0 bridgehead atoms. The Morgan fingerprint density at radius 1 is 1.59 bits per heavy atom. The van der Waals surface area contributed by atoms with Crippen LogP contribution in [0.2, 0.25) is 0 Å². The molecule has 0 aliphatic carbocycles. The molecule has 0 aliphatic rings. The van der Waals surface area contributed by atoms with Gasteiger partial charge in [0.05, 0.1) is 6.61 Å². The molecule has 1 aromatic heterocycles. The van der Waals surface area contributed by atoms with Crippen molar-refractivity contribution in [3.05, 3.63) is 28.6 Å². The molecular formula is C11H14F2N2O2. The fourth-order valence-corrected chi connectivity index (χ4v) is 1.44. The number of rotatable bonds is 4. The molecule has 17 heavy (non-hydrogen) atoms. The number of hydrogen-bond donors (Lipinski definition) is 1. The van der Waals surface area contributed by atoms with Gasteiger partial charge in [0.1, 0.15) is 5.69 Å². The molecule has 94 valence electrons. The molecule has 0 saturated carbocycles. The number of esters is 1. The highest BCUT2D eigenvalue weighted by Gasteiger charge is 2.20. The molecule has 0 saturated heterocycles. The first-order chi connectivity index (χ1) is 8.01. The van der Waals surface area contributed by atoms with Gasteiger partial charge in [0, 0.05) is 6.54 Å². The summed E-state index contributed by atoms with van der Waals surface area (Å²) in [4.78, 5) is 15.2. The SMILES string of the molecule is CCOC(=O)c1nc(C(F)F)c(C)cc1CN.